The molecule has 1 saturated heterocycles. The number of aromatic hydroxyl groups is 1. The molecule has 1 unspecified atom stereocenters. The van der Waals surface area contributed by atoms with Crippen LogP contribution in [0.4, 0.5) is 0 Å². The van der Waals surface area contributed by atoms with Crippen LogP contribution in [0.25, 0.3) is 0 Å². The molecule has 1 N–H and O–H groups in total. The summed E-state index contributed by atoms with van der Waals surface area (Å²) in [5.41, 5.74) is 2.40. The monoisotopic (exact) mass is 448 g/mol. The van der Waals surface area contributed by atoms with Crippen molar-refractivity contribution in [2.24, 2.45) is 5.92 Å². The fraction of sp³-hybridized carbons (Fsp3) is 0.565. The molecule has 7 heteroatoms. The Bertz CT molecular complexity index is 935. The third-order valence-electron chi connectivity index (χ3n) is 6.61. The second-order valence-electron chi connectivity index (χ2n) is 8.59. The molecular formula is C23H32N2O3S2. The van der Waals surface area contributed by atoms with E-state index in [1.807, 2.05) is 11.4 Å². The molecule has 0 bridgehead atoms. The van der Waals surface area contributed by atoms with Crippen molar-refractivity contribution < 1.29 is 13.5 Å². The van der Waals surface area contributed by atoms with E-state index >= 15 is 0 Å². The zero-order valence-corrected chi connectivity index (χ0v) is 19.3. The molecule has 30 heavy (non-hydrogen) atoms. The van der Waals surface area contributed by atoms with Crippen LogP contribution in [0.2, 0.25) is 0 Å². The maximum absolute atomic E-state index is 12.8. The number of nitrogens with zero attached hydrogens (tertiary/aromatic N) is 2. The Morgan fingerprint density at radius 1 is 1.17 bits per heavy atom. The van der Waals surface area contributed by atoms with Crippen LogP contribution in [0.5, 0.6) is 5.75 Å². The first-order valence-electron chi connectivity index (χ1n) is 11.1. The van der Waals surface area contributed by atoms with E-state index in [0.29, 0.717) is 35.0 Å². The van der Waals surface area contributed by atoms with Crippen LogP contribution in [0.15, 0.2) is 39.9 Å². The molecule has 1 atom stereocenters. The zero-order chi connectivity index (χ0) is 21.1. The first-order chi connectivity index (χ1) is 14.5. The molecule has 1 aromatic heterocycles. The Morgan fingerprint density at radius 3 is 2.67 bits per heavy atom. The molecule has 2 aromatic rings. The SMILES string of the molecule is CCCN(CC1CCN(S(=O)(=O)c2cccs2)CC1)C1CCc2c(O)cccc2C1. The Morgan fingerprint density at radius 2 is 1.97 bits per heavy atom. The van der Waals surface area contributed by atoms with Crippen LogP contribution in [0.3, 0.4) is 0 Å². The van der Waals surface area contributed by atoms with Gasteiger partial charge in [-0.15, -0.1) is 11.3 Å². The Hall–Kier alpha value is -1.41. The fourth-order valence-corrected chi connectivity index (χ4v) is 7.61. The molecule has 1 aliphatic heterocycles. The van der Waals surface area contributed by atoms with Crippen molar-refractivity contribution in [2.75, 3.05) is 26.2 Å². The van der Waals surface area contributed by atoms with Gasteiger partial charge in [-0.2, -0.15) is 4.31 Å². The molecule has 5 nitrogen and oxygen atoms in total. The predicted molar refractivity (Wildman–Crippen MR) is 122 cm³/mol. The van der Waals surface area contributed by atoms with Gasteiger partial charge in [0.05, 0.1) is 0 Å². The van der Waals surface area contributed by atoms with Gasteiger partial charge in [0.25, 0.3) is 10.0 Å². The highest BCUT2D eigenvalue weighted by molar-refractivity contribution is 7.91. The molecule has 0 amide bonds. The maximum atomic E-state index is 12.8. The summed E-state index contributed by atoms with van der Waals surface area (Å²) in [6.07, 6.45) is 5.98. The minimum atomic E-state index is -3.32. The van der Waals surface area contributed by atoms with Crippen molar-refractivity contribution in [3.05, 3.63) is 46.8 Å². The zero-order valence-electron chi connectivity index (χ0n) is 17.7. The molecule has 0 radical (unpaired) electrons. The van der Waals surface area contributed by atoms with E-state index in [4.69, 9.17) is 0 Å². The standard InChI is InChI=1S/C23H32N2O3S2/c1-2-12-24(20-8-9-21-19(16-20)5-3-6-22(21)26)17-18-10-13-25(14-11-18)30(27,28)23-7-4-15-29-23/h3-7,15,18,20,26H,2,8-14,16-17H2,1H3. The molecule has 1 fully saturated rings. The lowest BCUT2D eigenvalue weighted by Gasteiger charge is -2.39. The van der Waals surface area contributed by atoms with E-state index in [2.05, 4.69) is 17.9 Å². The van der Waals surface area contributed by atoms with E-state index in [-0.39, 0.29) is 0 Å². The molecule has 164 valence electrons. The number of benzene rings is 1. The van der Waals surface area contributed by atoms with Crippen molar-refractivity contribution in [2.45, 2.75) is 55.7 Å². The summed E-state index contributed by atoms with van der Waals surface area (Å²) < 4.78 is 27.7. The number of hydrogen-bond donors (Lipinski definition) is 1. The average Bonchev–Trinajstić information content (AvgIpc) is 3.30. The van der Waals surface area contributed by atoms with Gasteiger partial charge in [-0.1, -0.05) is 25.1 Å². The van der Waals surface area contributed by atoms with Crippen LogP contribution in [0.1, 0.15) is 43.7 Å². The number of thiophene rings is 1. The molecule has 2 aliphatic rings. The van der Waals surface area contributed by atoms with E-state index in [0.717, 1.165) is 57.2 Å². The van der Waals surface area contributed by atoms with Crippen molar-refractivity contribution in [3.63, 3.8) is 0 Å². The number of fused-ring (bicyclic) bond motifs is 1. The highest BCUT2D eigenvalue weighted by Crippen LogP contribution is 2.32. The van der Waals surface area contributed by atoms with E-state index in [9.17, 15) is 13.5 Å². The minimum absolute atomic E-state index is 0.437. The molecular weight excluding hydrogens is 416 g/mol. The Kier molecular flexibility index (Phi) is 6.82. The molecule has 2 heterocycles. The minimum Gasteiger partial charge on any atom is -0.508 e. The molecule has 0 spiro atoms. The number of piperidine rings is 1. The number of rotatable bonds is 7. The quantitative estimate of drug-likeness (QED) is 0.692. The highest BCUT2D eigenvalue weighted by Gasteiger charge is 2.32. The largest absolute Gasteiger partial charge is 0.508 e. The second kappa shape index (κ2) is 9.39. The van der Waals surface area contributed by atoms with Gasteiger partial charge in [-0.05, 0) is 79.6 Å². The maximum Gasteiger partial charge on any atom is 0.252 e. The van der Waals surface area contributed by atoms with Crippen LogP contribution in [-0.2, 0) is 22.9 Å². The van der Waals surface area contributed by atoms with Crippen LogP contribution < -0.4 is 0 Å². The fourth-order valence-electron chi connectivity index (χ4n) is 4.99. The van der Waals surface area contributed by atoms with Crippen LogP contribution in [0, 0.1) is 5.92 Å². The van der Waals surface area contributed by atoms with Gasteiger partial charge in [0.2, 0.25) is 0 Å². The van der Waals surface area contributed by atoms with Crippen LogP contribution in [-0.4, -0.2) is 55.0 Å². The molecule has 1 aromatic carbocycles. The van der Waals surface area contributed by atoms with Crippen molar-refractivity contribution in [3.8, 4) is 5.75 Å². The van der Waals surface area contributed by atoms with Crippen molar-refractivity contribution in [1.29, 1.82) is 0 Å². The van der Waals surface area contributed by atoms with Gasteiger partial charge in [-0.25, -0.2) is 8.42 Å². The summed E-state index contributed by atoms with van der Waals surface area (Å²) in [6, 6.07) is 9.90. The summed E-state index contributed by atoms with van der Waals surface area (Å²) in [6.45, 7) is 5.58. The predicted octanol–water partition coefficient (Wildman–Crippen LogP) is 4.12. The average molecular weight is 449 g/mol. The highest BCUT2D eigenvalue weighted by atomic mass is 32.2. The van der Waals surface area contributed by atoms with E-state index in [1.54, 1.807) is 22.5 Å². The van der Waals surface area contributed by atoms with Crippen molar-refractivity contribution in [1.82, 2.24) is 9.21 Å². The van der Waals surface area contributed by atoms with Gasteiger partial charge in [0.15, 0.2) is 0 Å². The topological polar surface area (TPSA) is 60.9 Å². The first kappa shape index (κ1) is 21.8. The van der Waals surface area contributed by atoms with E-state index in [1.165, 1.54) is 16.9 Å². The molecule has 1 aliphatic carbocycles. The first-order valence-corrected chi connectivity index (χ1v) is 13.4. The third kappa shape index (κ3) is 4.59. The normalized spacial score (nSPS) is 21.1. The molecule has 0 saturated carbocycles. The lowest BCUT2D eigenvalue weighted by molar-refractivity contribution is 0.129. The lowest BCUT2D eigenvalue weighted by atomic mass is 9.86. The van der Waals surface area contributed by atoms with Gasteiger partial charge in [0, 0.05) is 25.7 Å². The van der Waals surface area contributed by atoms with Gasteiger partial charge in [0.1, 0.15) is 9.96 Å². The third-order valence-corrected chi connectivity index (χ3v) is 9.89. The number of phenolic OH excluding ortho intramolecular Hbond substituents is 1. The summed E-state index contributed by atoms with van der Waals surface area (Å²) in [7, 11) is -3.32. The summed E-state index contributed by atoms with van der Waals surface area (Å²) >= 11 is 1.30. The van der Waals surface area contributed by atoms with Crippen molar-refractivity contribution >= 4 is 21.4 Å². The summed E-state index contributed by atoms with van der Waals surface area (Å²) in [4.78, 5) is 2.63. The summed E-state index contributed by atoms with van der Waals surface area (Å²) in [5, 5.41) is 12.0. The van der Waals surface area contributed by atoms with Gasteiger partial charge < -0.3 is 5.11 Å². The number of phenols is 1. The number of sulfonamides is 1. The Balaban J connectivity index is 1.37. The van der Waals surface area contributed by atoms with Crippen LogP contribution >= 0.6 is 11.3 Å². The number of hydrogen-bond acceptors (Lipinski definition) is 5. The smallest absolute Gasteiger partial charge is 0.252 e. The Labute approximate surface area is 184 Å². The molecule has 4 rings (SSSR count). The van der Waals surface area contributed by atoms with Gasteiger partial charge in [-0.3, -0.25) is 4.90 Å². The second-order valence-corrected chi connectivity index (χ2v) is 11.7. The van der Waals surface area contributed by atoms with Gasteiger partial charge >= 0.3 is 0 Å². The summed E-state index contributed by atoms with van der Waals surface area (Å²) in [5.74, 6) is 0.976. The van der Waals surface area contributed by atoms with E-state index < -0.39 is 10.0 Å². The lowest BCUT2D eigenvalue weighted by Crippen LogP contribution is -2.45.